The maximum Gasteiger partial charge on any atom is 0.288 e. The van der Waals surface area contributed by atoms with Gasteiger partial charge >= 0.3 is 0 Å². The fraction of sp³-hybridized carbons (Fsp3) is 0.308. The van der Waals surface area contributed by atoms with Crippen molar-refractivity contribution in [2.45, 2.75) is 4.90 Å². The number of nitriles is 1. The lowest BCUT2D eigenvalue weighted by Crippen LogP contribution is -2.15. The molecule has 0 spiro atoms. The highest BCUT2D eigenvalue weighted by Gasteiger charge is 2.24. The minimum atomic E-state index is -2.04. The molecule has 0 unspecified atom stereocenters. The molecule has 1 aromatic carbocycles. The normalized spacial score (nSPS) is 12.9. The van der Waals surface area contributed by atoms with Crippen LogP contribution in [0.5, 0.6) is 0 Å². The zero-order valence-corrected chi connectivity index (χ0v) is 11.9. The molecule has 4 nitrogen and oxygen atoms in total. The molecule has 1 rings (SSSR count). The van der Waals surface area contributed by atoms with Crippen LogP contribution in [0.3, 0.4) is 0 Å². The van der Waals surface area contributed by atoms with Crippen LogP contribution in [-0.2, 0) is 9.59 Å². The highest BCUT2D eigenvalue weighted by molar-refractivity contribution is 8.47. The lowest BCUT2D eigenvalue weighted by atomic mass is 10.2. The molecule has 0 radical (unpaired) electrons. The van der Waals surface area contributed by atoms with Crippen LogP contribution in [0, 0.1) is 11.3 Å². The van der Waals surface area contributed by atoms with Crippen molar-refractivity contribution in [2.24, 2.45) is 0 Å². The van der Waals surface area contributed by atoms with Gasteiger partial charge in [0.05, 0.1) is 5.56 Å². The van der Waals surface area contributed by atoms with E-state index in [0.29, 0.717) is 11.3 Å². The summed E-state index contributed by atoms with van der Waals surface area (Å²) in [4.78, 5) is 22.3. The highest BCUT2D eigenvalue weighted by Crippen LogP contribution is 2.64. The number of thiol groups is 1. The van der Waals surface area contributed by atoms with Gasteiger partial charge in [-0.15, -0.1) is 0 Å². The van der Waals surface area contributed by atoms with E-state index in [1.54, 1.807) is 12.1 Å². The first-order chi connectivity index (χ1) is 8.14. The molecule has 1 N–H and O–H groups in total. The SMILES string of the molecule is C[SH](C)(C)(C)c1ccc(NC(=O)C=O)cc1C#N. The Morgan fingerprint density at radius 1 is 1.33 bits per heavy atom. The second-order valence-electron chi connectivity index (χ2n) is 6.03. The van der Waals surface area contributed by atoms with Crippen LogP contribution in [0.2, 0.25) is 0 Å². The number of hydrogen-bond donors (Lipinski definition) is 2. The average Bonchev–Trinajstić information content (AvgIpc) is 2.26. The Bertz CT molecular complexity index is 541. The van der Waals surface area contributed by atoms with Gasteiger partial charge in [-0.1, -0.05) is 0 Å². The van der Waals surface area contributed by atoms with Crippen molar-refractivity contribution in [2.75, 3.05) is 30.3 Å². The predicted molar refractivity (Wildman–Crippen MR) is 76.8 cm³/mol. The van der Waals surface area contributed by atoms with Crippen molar-refractivity contribution in [3.8, 4) is 6.07 Å². The number of nitrogens with one attached hydrogen (secondary N) is 1. The van der Waals surface area contributed by atoms with Crippen LogP contribution in [-0.4, -0.2) is 37.2 Å². The first-order valence-corrected chi connectivity index (χ1v) is 9.48. The summed E-state index contributed by atoms with van der Waals surface area (Å²) < 4.78 is 0. The Kier molecular flexibility index (Phi) is 3.54. The van der Waals surface area contributed by atoms with Crippen molar-refractivity contribution < 1.29 is 9.59 Å². The van der Waals surface area contributed by atoms with E-state index in [4.69, 9.17) is 0 Å². The molecule has 0 aromatic heterocycles. The highest BCUT2D eigenvalue weighted by atomic mass is 32.3. The summed E-state index contributed by atoms with van der Waals surface area (Å²) >= 11 is 0. The van der Waals surface area contributed by atoms with Gasteiger partial charge in [0, 0.05) is 5.69 Å². The average molecular weight is 266 g/mol. The van der Waals surface area contributed by atoms with Crippen molar-refractivity contribution >= 4 is 27.0 Å². The van der Waals surface area contributed by atoms with E-state index in [1.807, 2.05) is 6.07 Å². The van der Waals surface area contributed by atoms with Gasteiger partial charge in [-0.25, -0.2) is 0 Å². The molecule has 0 atom stereocenters. The van der Waals surface area contributed by atoms with Gasteiger partial charge in [0.15, 0.2) is 0 Å². The van der Waals surface area contributed by atoms with E-state index in [1.165, 1.54) is 0 Å². The lowest BCUT2D eigenvalue weighted by molar-refractivity contribution is -0.127. The van der Waals surface area contributed by atoms with Gasteiger partial charge in [-0.2, -0.15) is 5.26 Å². The molecule has 1 amide bonds. The van der Waals surface area contributed by atoms with E-state index in [-0.39, 0.29) is 6.29 Å². The van der Waals surface area contributed by atoms with Crippen molar-refractivity contribution in [1.29, 1.82) is 5.26 Å². The van der Waals surface area contributed by atoms with E-state index in [2.05, 4.69) is 36.4 Å². The van der Waals surface area contributed by atoms with Gasteiger partial charge in [-0.05, 0) is 48.1 Å². The zero-order chi connectivity index (χ0) is 14.0. The molecule has 0 bridgehead atoms. The summed E-state index contributed by atoms with van der Waals surface area (Å²) in [5.74, 6) is -0.717. The summed E-state index contributed by atoms with van der Waals surface area (Å²) in [7, 11) is -2.04. The Hall–Kier alpha value is -1.80. The number of carbonyl (C=O) groups excluding carboxylic acids is 2. The number of aldehydes is 1. The van der Waals surface area contributed by atoms with E-state index < -0.39 is 15.1 Å². The van der Waals surface area contributed by atoms with Crippen LogP contribution in [0.4, 0.5) is 5.69 Å². The van der Waals surface area contributed by atoms with Crippen LogP contribution in [0.1, 0.15) is 5.56 Å². The molecule has 0 aliphatic heterocycles. The molecule has 0 saturated carbocycles. The minimum Gasteiger partial charge on any atom is -0.320 e. The summed E-state index contributed by atoms with van der Waals surface area (Å²) in [6.07, 6.45) is 8.84. The third kappa shape index (κ3) is 3.34. The van der Waals surface area contributed by atoms with Crippen LogP contribution in [0.25, 0.3) is 0 Å². The van der Waals surface area contributed by atoms with Gasteiger partial charge in [-0.3, -0.25) is 18.8 Å². The van der Waals surface area contributed by atoms with Gasteiger partial charge in [0.25, 0.3) is 5.91 Å². The van der Waals surface area contributed by atoms with Crippen LogP contribution in [0.15, 0.2) is 23.1 Å². The Morgan fingerprint density at radius 3 is 2.39 bits per heavy atom. The molecular formula is C13H18N2O2S. The molecule has 18 heavy (non-hydrogen) atoms. The molecule has 98 valence electrons. The van der Waals surface area contributed by atoms with Crippen LogP contribution >= 0.6 is 9.16 Å². The molecule has 0 fully saturated rings. The summed E-state index contributed by atoms with van der Waals surface area (Å²) in [5, 5.41) is 11.6. The summed E-state index contributed by atoms with van der Waals surface area (Å²) in [6, 6.07) is 7.34. The number of rotatable bonds is 3. The third-order valence-electron chi connectivity index (χ3n) is 2.46. The fourth-order valence-corrected chi connectivity index (χ4v) is 3.40. The van der Waals surface area contributed by atoms with Crippen molar-refractivity contribution in [3.63, 3.8) is 0 Å². The fourth-order valence-electron chi connectivity index (χ4n) is 1.66. The maximum absolute atomic E-state index is 11.0. The standard InChI is InChI=1S/C13H18N2O2S/c1-18(2,3,4)12-6-5-11(7-10(12)8-14)15-13(17)9-16/h5-7,9,18H,1-4H3,(H,15,17). The molecule has 5 heteroatoms. The third-order valence-corrected chi connectivity index (χ3v) is 4.77. The largest absolute Gasteiger partial charge is 0.320 e. The van der Waals surface area contributed by atoms with E-state index in [9.17, 15) is 14.9 Å². The number of carbonyl (C=O) groups is 2. The topological polar surface area (TPSA) is 70.0 Å². The summed E-state index contributed by atoms with van der Waals surface area (Å²) in [5.41, 5.74) is 1.01. The van der Waals surface area contributed by atoms with Crippen molar-refractivity contribution in [3.05, 3.63) is 23.8 Å². The monoisotopic (exact) mass is 266 g/mol. The Morgan fingerprint density at radius 2 is 1.94 bits per heavy atom. The molecule has 1 aromatic rings. The first-order valence-electron chi connectivity index (χ1n) is 5.45. The number of anilines is 1. The zero-order valence-electron chi connectivity index (χ0n) is 11.0. The van der Waals surface area contributed by atoms with Crippen molar-refractivity contribution in [1.82, 2.24) is 0 Å². The second-order valence-corrected chi connectivity index (χ2v) is 13.7. The predicted octanol–water partition coefficient (Wildman–Crippen LogP) is 1.65. The Labute approximate surface area is 107 Å². The van der Waals surface area contributed by atoms with Gasteiger partial charge in [0.2, 0.25) is 6.29 Å². The smallest absolute Gasteiger partial charge is 0.288 e. The lowest BCUT2D eigenvalue weighted by Gasteiger charge is -2.48. The van der Waals surface area contributed by atoms with E-state index >= 15 is 0 Å². The Balaban J connectivity index is 3.26. The number of amides is 1. The second kappa shape index (κ2) is 4.46. The molecule has 0 aliphatic carbocycles. The van der Waals surface area contributed by atoms with E-state index in [0.717, 1.165) is 4.90 Å². The number of nitrogens with zero attached hydrogens (tertiary/aromatic N) is 1. The molecule has 0 aliphatic rings. The summed E-state index contributed by atoms with van der Waals surface area (Å²) in [6.45, 7) is 0. The quantitative estimate of drug-likeness (QED) is 0.496. The first kappa shape index (κ1) is 14.3. The van der Waals surface area contributed by atoms with Crippen LogP contribution < -0.4 is 5.32 Å². The molecule has 0 saturated heterocycles. The molecular weight excluding hydrogens is 248 g/mol. The maximum atomic E-state index is 11.0. The van der Waals surface area contributed by atoms with Gasteiger partial charge < -0.3 is 5.32 Å². The minimum absolute atomic E-state index is 0.208. The number of benzene rings is 1. The van der Waals surface area contributed by atoms with Gasteiger partial charge in [0.1, 0.15) is 6.07 Å². The number of hydrogen-bond acceptors (Lipinski definition) is 3. The molecule has 0 heterocycles.